The Bertz CT molecular complexity index is 5630. The molecule has 0 bridgehead atoms. The van der Waals surface area contributed by atoms with Gasteiger partial charge in [-0.25, -0.2) is 18.7 Å². The summed E-state index contributed by atoms with van der Waals surface area (Å²) in [5.74, 6) is -2.07. The number of halogens is 5. The first kappa shape index (κ1) is 101. The van der Waals surface area contributed by atoms with E-state index in [4.69, 9.17) is 28.7 Å². The molecular formula is C96H116BrClF3N9O12S3Sn. The van der Waals surface area contributed by atoms with E-state index in [0.29, 0.717) is 84.5 Å². The molecule has 6 aliphatic rings. The largest absolute Gasteiger partial charge is 0.503 e. The number of hydrogen-bond donors (Lipinski definition) is 1. The minimum atomic E-state index is -2.39. The van der Waals surface area contributed by atoms with Gasteiger partial charge in [-0.1, -0.05) is 115 Å². The molecule has 674 valence electrons. The monoisotopic (exact) mass is 1970 g/mol. The number of pyridine rings is 3. The number of fused-ring (bicyclic) bond motifs is 6. The van der Waals surface area contributed by atoms with Crippen molar-refractivity contribution >= 4 is 101 Å². The van der Waals surface area contributed by atoms with E-state index in [9.17, 15) is 47.0 Å². The standard InChI is InChI=1S/C29H26FN3O4S.C22H20FN3O4S.C19H19BrN2O4.C10H7FNS.3C4H9.4CH4.ClH.Sn/c1-18-11-12-36-24-16-32-15-23(28-31-14-22(38-28)13-19-7-9-21(30)10-8-19)26(34)27(25(32)29(35)33(18)24)37-17-20-5-3-2-4-6-20;1-12-6-7-30-17-11-25-10-16(19(27)20(28)18(25)22(29)26(12)17)21-24-9-15(31-21)8-13-2-4-14(23)5-3-13;1-12-7-8-25-15-10-21-9-14(20)17(23)18(16(21)19(24)22(12)15)26-11-13-5-3-2-4-6-13;11-9-3-1-8(2-4-9)5-10-6-12-7-13-10;3*1-3-4-2;;;;;;/h2-10,14-15,18,24H,11-13,16-17H2,1H3;2-5,9-10,12,17,28H,6-8,11H2,1H3;2-6,9,12,15H,7-8,10-11H2,1H3;1-4,6H,5H2;3*1,3-4H2,2H3;4*1H4;1H;/t18-,24+;12-,17+;12-,15+;;;;;;;;;;/m111........../s1. The van der Waals surface area contributed by atoms with Crippen molar-refractivity contribution in [1.82, 2.24) is 43.4 Å². The summed E-state index contributed by atoms with van der Waals surface area (Å²) in [6.07, 6.45) is 21.5. The van der Waals surface area contributed by atoms with Gasteiger partial charge in [-0.05, 0) is 102 Å². The minimum absolute atomic E-state index is 0. The molecule has 1 N–H and O–H groups in total. The number of unbranched alkanes of at least 4 members (excludes halogenated alkanes) is 3. The van der Waals surface area contributed by atoms with E-state index in [1.54, 1.807) is 98.8 Å². The van der Waals surface area contributed by atoms with E-state index >= 15 is 0 Å². The van der Waals surface area contributed by atoms with Crippen LogP contribution in [0.25, 0.3) is 21.1 Å². The van der Waals surface area contributed by atoms with Crippen molar-refractivity contribution in [2.75, 3.05) is 19.8 Å². The third-order valence-corrected chi connectivity index (χ3v) is 44.3. The Labute approximate surface area is 767 Å². The molecule has 3 amide bonds. The molecule has 0 spiro atoms. The van der Waals surface area contributed by atoms with Gasteiger partial charge in [-0.2, -0.15) is 0 Å². The zero-order valence-electron chi connectivity index (χ0n) is 69.0. The Morgan fingerprint density at radius 3 is 1.18 bits per heavy atom. The van der Waals surface area contributed by atoms with E-state index in [1.165, 1.54) is 109 Å². The van der Waals surface area contributed by atoms with Gasteiger partial charge < -0.3 is 57.2 Å². The number of nitrogens with zero attached hydrogens (tertiary/aromatic N) is 9. The summed E-state index contributed by atoms with van der Waals surface area (Å²) < 4.78 is 80.4. The fraction of sp³-hybridized carbons (Fsp3) is 0.406. The van der Waals surface area contributed by atoms with Crippen LogP contribution in [-0.2, 0) is 66.3 Å². The van der Waals surface area contributed by atoms with Gasteiger partial charge >= 0.3 is 168 Å². The number of carbonyl (C=O) groups is 3. The van der Waals surface area contributed by atoms with Crippen molar-refractivity contribution in [3.8, 4) is 38.4 Å². The van der Waals surface area contributed by atoms with Gasteiger partial charge in [-0.3, -0.25) is 28.8 Å². The van der Waals surface area contributed by atoms with E-state index in [1.807, 2.05) is 105 Å². The quantitative estimate of drug-likeness (QED) is 0.0554. The number of thiazole rings is 3. The van der Waals surface area contributed by atoms with E-state index < -0.39 is 47.9 Å². The van der Waals surface area contributed by atoms with Crippen LogP contribution in [0.5, 0.6) is 17.2 Å². The molecule has 126 heavy (non-hydrogen) atoms. The first-order valence-electron chi connectivity index (χ1n) is 41.5. The summed E-state index contributed by atoms with van der Waals surface area (Å²) in [5.41, 5.74) is 4.71. The maximum Gasteiger partial charge on any atom is 0.276 e. The molecule has 6 aromatic heterocycles. The number of carbonyl (C=O) groups excluding carboxylic acids is 3. The van der Waals surface area contributed by atoms with Crippen molar-refractivity contribution in [2.24, 2.45) is 0 Å². The predicted molar refractivity (Wildman–Crippen MR) is 504 cm³/mol. The summed E-state index contributed by atoms with van der Waals surface area (Å²) in [6, 6.07) is 38.6. The molecule has 21 nitrogen and oxygen atoms in total. The smallest absolute Gasteiger partial charge is 0.276 e. The summed E-state index contributed by atoms with van der Waals surface area (Å²) in [6.45, 7) is 16.2. The van der Waals surface area contributed by atoms with Crippen LogP contribution in [0, 0.1) is 17.5 Å². The average molecular weight is 1980 g/mol. The topological polar surface area (TPSA) is 232 Å². The van der Waals surface area contributed by atoms with E-state index in [-0.39, 0.29) is 148 Å². The van der Waals surface area contributed by atoms with Crippen molar-refractivity contribution in [3.63, 3.8) is 0 Å². The second-order valence-corrected chi connectivity index (χ2v) is 49.7. The average Bonchev–Trinajstić information content (AvgIpc) is 0.787. The van der Waals surface area contributed by atoms with Gasteiger partial charge in [0.25, 0.3) is 17.7 Å². The molecular weight excluding hydrogens is 1860 g/mol. The van der Waals surface area contributed by atoms with Crippen molar-refractivity contribution in [1.29, 1.82) is 0 Å². The fourth-order valence-electron chi connectivity index (χ4n) is 16.3. The van der Waals surface area contributed by atoms with E-state index in [2.05, 4.69) is 52.9 Å². The van der Waals surface area contributed by atoms with Crippen LogP contribution in [0.3, 0.4) is 0 Å². The summed E-state index contributed by atoms with van der Waals surface area (Å²) in [5, 5.41) is 11.6. The van der Waals surface area contributed by atoms with Crippen molar-refractivity contribution < 1.29 is 56.3 Å². The van der Waals surface area contributed by atoms with Crippen LogP contribution in [-0.4, -0.2) is 141 Å². The molecule has 30 heteroatoms. The number of hydrogen-bond acceptors (Lipinski definition) is 18. The maximum absolute atomic E-state index is 13.8. The second-order valence-electron chi connectivity index (χ2n) is 31.5. The molecule has 17 rings (SSSR count). The zero-order chi connectivity index (χ0) is 85.0. The van der Waals surface area contributed by atoms with Gasteiger partial charge in [0, 0.05) is 71.7 Å². The Morgan fingerprint density at radius 1 is 0.452 bits per heavy atom. The number of aromatic hydroxyl groups is 1. The van der Waals surface area contributed by atoms with Gasteiger partial charge in [0.05, 0.1) is 55.1 Å². The first-order valence-corrected chi connectivity index (χ1v) is 52.2. The number of aromatic nitrogens is 6. The first-order chi connectivity index (χ1) is 58.6. The van der Waals surface area contributed by atoms with Crippen molar-refractivity contribution in [3.05, 3.63) is 283 Å². The van der Waals surface area contributed by atoms with Crippen LogP contribution in [0.2, 0.25) is 13.3 Å². The summed E-state index contributed by atoms with van der Waals surface area (Å²) in [4.78, 5) is 101. The number of rotatable bonds is 24. The van der Waals surface area contributed by atoms with Crippen LogP contribution in [0.4, 0.5) is 13.2 Å². The molecule has 0 unspecified atom stereocenters. The normalized spacial score (nSPS) is 17.6. The minimum Gasteiger partial charge on any atom is -0.503 e. The Kier molecular flexibility index (Phi) is 36.9. The third kappa shape index (κ3) is 23.3. The molecule has 3 saturated heterocycles. The predicted octanol–water partition coefficient (Wildman–Crippen LogP) is 20.5. The molecule has 3 fully saturated rings. The Hall–Kier alpha value is -9.11. The summed E-state index contributed by atoms with van der Waals surface area (Å²) >= 11 is 5.61. The molecule has 0 aliphatic carbocycles. The number of benzene rings is 5. The maximum atomic E-state index is 13.8. The number of ether oxygens (including phenoxy) is 5. The molecule has 0 saturated carbocycles. The molecule has 0 radical (unpaired) electrons. The van der Waals surface area contributed by atoms with Gasteiger partial charge in [-0.15, -0.1) is 35.1 Å². The number of amides is 3. The molecule has 6 aliphatic heterocycles. The van der Waals surface area contributed by atoms with Crippen LogP contribution < -0.4 is 28.8 Å². The van der Waals surface area contributed by atoms with Crippen LogP contribution >= 0.6 is 62.3 Å². The summed E-state index contributed by atoms with van der Waals surface area (Å²) in [7, 11) is 0. The molecule has 6 atom stereocenters. The van der Waals surface area contributed by atoms with E-state index in [0.717, 1.165) is 51.3 Å². The Balaban J connectivity index is 0.000000190. The van der Waals surface area contributed by atoms with Crippen LogP contribution in [0.15, 0.2) is 189 Å². The second kappa shape index (κ2) is 46.2. The van der Waals surface area contributed by atoms with Crippen LogP contribution in [0.1, 0.15) is 203 Å². The zero-order valence-corrected chi connectivity index (χ0v) is 76.7. The van der Waals surface area contributed by atoms with Gasteiger partial charge in [0.15, 0.2) is 53.0 Å². The Morgan fingerprint density at radius 2 is 0.794 bits per heavy atom. The fourth-order valence-corrected chi connectivity index (χ4v) is 38.3. The third-order valence-electron chi connectivity index (χ3n) is 22.9. The molecule has 12 heterocycles. The molecule has 11 aromatic rings. The van der Waals surface area contributed by atoms with Gasteiger partial charge in [0.2, 0.25) is 16.3 Å². The SMILES string of the molecule is C.C.C.C.CCC[CH2][Sn]([CH2]CCC)([CH2]CCC)[c]1ncc(Cc2ccc(F)cc2)s1.C[C@@H]1CCO[C@H]2Cn3cc(-c4ncc(Cc5ccc(F)cc5)s4)c(=O)c(O)c3C(=O)N12.C[C@@H]1CCO[C@H]2Cn3cc(-c4ncc(Cc5ccc(F)cc5)s4)c(=O)c(OCc4ccccc4)c3C(=O)N12.C[C@@H]1CCO[C@H]2Cn3cc(Br)c(=O)c(OCc4ccccc4)c3C(=O)N12.Cl. The molecule has 5 aromatic carbocycles. The van der Waals surface area contributed by atoms with Crippen molar-refractivity contribution in [2.45, 2.75) is 231 Å². The van der Waals surface area contributed by atoms with Gasteiger partial charge in [0.1, 0.15) is 34.9 Å².